The Bertz CT molecular complexity index is 1860. The van der Waals surface area contributed by atoms with E-state index in [2.05, 4.69) is 22.4 Å². The van der Waals surface area contributed by atoms with E-state index in [9.17, 15) is 14.9 Å². The molecule has 196 valence electrons. The predicted molar refractivity (Wildman–Crippen MR) is 150 cm³/mol. The second-order valence-electron chi connectivity index (χ2n) is 8.90. The number of amides is 1. The van der Waals surface area contributed by atoms with E-state index in [1.54, 1.807) is 24.3 Å². The van der Waals surface area contributed by atoms with Gasteiger partial charge in [0.2, 0.25) is 5.89 Å². The molecule has 40 heavy (non-hydrogen) atoms. The van der Waals surface area contributed by atoms with E-state index < -0.39 is 10.8 Å². The topological polar surface area (TPSA) is 121 Å². The third-order valence-electron chi connectivity index (χ3n) is 6.38. The monoisotopic (exact) mass is 531 g/mol. The number of benzene rings is 4. The van der Waals surface area contributed by atoms with Crippen molar-refractivity contribution in [2.75, 3.05) is 12.4 Å². The highest BCUT2D eigenvalue weighted by atomic mass is 16.6. The number of carbonyl (C=O) groups is 1. The van der Waals surface area contributed by atoms with Crippen molar-refractivity contribution in [1.29, 1.82) is 0 Å². The summed E-state index contributed by atoms with van der Waals surface area (Å²) in [6.07, 6.45) is 0. The fourth-order valence-corrected chi connectivity index (χ4v) is 4.36. The summed E-state index contributed by atoms with van der Waals surface area (Å²) in [7, 11) is 1.43. The van der Waals surface area contributed by atoms with Crippen LogP contribution in [0.25, 0.3) is 45.0 Å². The van der Waals surface area contributed by atoms with Crippen molar-refractivity contribution in [3.63, 3.8) is 0 Å². The Morgan fingerprint density at radius 1 is 0.850 bits per heavy atom. The number of furan rings is 1. The van der Waals surface area contributed by atoms with Gasteiger partial charge in [0.05, 0.1) is 23.7 Å². The first-order valence-corrected chi connectivity index (χ1v) is 12.3. The maximum Gasteiger partial charge on any atom is 0.291 e. The van der Waals surface area contributed by atoms with Crippen LogP contribution in [0.2, 0.25) is 0 Å². The average molecular weight is 532 g/mol. The van der Waals surface area contributed by atoms with Gasteiger partial charge in [-0.3, -0.25) is 14.9 Å². The fraction of sp³-hybridized carbons (Fsp3) is 0.0323. The molecule has 2 heterocycles. The first kappa shape index (κ1) is 24.6. The molecule has 0 radical (unpaired) electrons. The number of hydrogen-bond donors (Lipinski definition) is 1. The lowest BCUT2D eigenvalue weighted by molar-refractivity contribution is -0.384. The summed E-state index contributed by atoms with van der Waals surface area (Å²) in [4.78, 5) is 28.5. The molecule has 0 aliphatic rings. The van der Waals surface area contributed by atoms with Gasteiger partial charge in [0.25, 0.3) is 11.6 Å². The smallest absolute Gasteiger partial charge is 0.291 e. The van der Waals surface area contributed by atoms with Gasteiger partial charge in [-0.05, 0) is 65.7 Å². The van der Waals surface area contributed by atoms with E-state index in [0.29, 0.717) is 28.4 Å². The number of nitrogens with zero attached hydrogens (tertiary/aromatic N) is 2. The van der Waals surface area contributed by atoms with Crippen LogP contribution in [0.4, 0.5) is 11.4 Å². The standard InChI is InChI=1S/C31H21N3O6/c1-38-23-12-13-24(26(18-23)34(36)37)27-15-16-29(39-27)30(35)32-22-11-14-28-25(17-22)33-31(40-28)21-9-7-20(8-10-21)19-5-3-2-4-6-19/h2-18H,1H3,(H,32,35). The normalized spacial score (nSPS) is 10.9. The highest BCUT2D eigenvalue weighted by molar-refractivity contribution is 6.03. The van der Waals surface area contributed by atoms with Crippen LogP contribution >= 0.6 is 0 Å². The molecule has 4 aromatic carbocycles. The van der Waals surface area contributed by atoms with Crippen molar-refractivity contribution >= 4 is 28.4 Å². The molecule has 6 aromatic rings. The van der Waals surface area contributed by atoms with Crippen LogP contribution < -0.4 is 10.1 Å². The van der Waals surface area contributed by atoms with Gasteiger partial charge in [-0.15, -0.1) is 0 Å². The molecule has 0 atom stereocenters. The van der Waals surface area contributed by atoms with Gasteiger partial charge in [-0.2, -0.15) is 0 Å². The molecule has 0 saturated heterocycles. The minimum absolute atomic E-state index is 0.000407. The van der Waals surface area contributed by atoms with Crippen molar-refractivity contribution in [3.8, 4) is 39.7 Å². The molecule has 0 aliphatic carbocycles. The van der Waals surface area contributed by atoms with Crippen LogP contribution in [-0.4, -0.2) is 22.9 Å². The van der Waals surface area contributed by atoms with Crippen molar-refractivity contribution in [2.24, 2.45) is 0 Å². The number of rotatable bonds is 7. The molecule has 1 amide bonds. The lowest BCUT2D eigenvalue weighted by Gasteiger charge is -2.04. The molecular formula is C31H21N3O6. The van der Waals surface area contributed by atoms with Crippen LogP contribution in [0.1, 0.15) is 10.6 Å². The second-order valence-corrected chi connectivity index (χ2v) is 8.90. The molecule has 0 spiro atoms. The van der Waals surface area contributed by atoms with Crippen LogP contribution in [0.3, 0.4) is 0 Å². The summed E-state index contributed by atoms with van der Waals surface area (Å²) in [5.41, 5.74) is 4.73. The van der Waals surface area contributed by atoms with E-state index in [1.807, 2.05) is 42.5 Å². The summed E-state index contributed by atoms with van der Waals surface area (Å²) >= 11 is 0. The fourth-order valence-electron chi connectivity index (χ4n) is 4.36. The Morgan fingerprint density at radius 2 is 1.60 bits per heavy atom. The zero-order valence-corrected chi connectivity index (χ0v) is 21.2. The van der Waals surface area contributed by atoms with Gasteiger partial charge in [-0.1, -0.05) is 42.5 Å². The molecule has 9 heteroatoms. The van der Waals surface area contributed by atoms with Gasteiger partial charge < -0.3 is 18.9 Å². The number of carbonyl (C=O) groups excluding carboxylic acids is 1. The summed E-state index contributed by atoms with van der Waals surface area (Å²) in [5, 5.41) is 14.3. The molecule has 0 unspecified atom stereocenters. The third kappa shape index (κ3) is 4.79. The van der Waals surface area contributed by atoms with Crippen LogP contribution in [-0.2, 0) is 0 Å². The number of oxazole rings is 1. The van der Waals surface area contributed by atoms with Crippen molar-refractivity contribution in [3.05, 3.63) is 119 Å². The first-order chi connectivity index (χ1) is 19.5. The van der Waals surface area contributed by atoms with Crippen LogP contribution in [0.5, 0.6) is 5.75 Å². The SMILES string of the molecule is COc1ccc(-c2ccc(C(=O)Nc3ccc4oc(-c5ccc(-c6ccccc6)cc5)nc4c3)o2)c([N+](=O)[O-])c1. The zero-order chi connectivity index (χ0) is 27.6. The highest BCUT2D eigenvalue weighted by Crippen LogP contribution is 2.34. The Hall–Kier alpha value is -5.70. The molecule has 1 N–H and O–H groups in total. The molecule has 2 aromatic heterocycles. The number of hydrogen-bond acceptors (Lipinski definition) is 7. The minimum atomic E-state index is -0.529. The molecule has 9 nitrogen and oxygen atoms in total. The van der Waals surface area contributed by atoms with E-state index in [-0.39, 0.29) is 22.8 Å². The van der Waals surface area contributed by atoms with Gasteiger partial charge in [0.1, 0.15) is 17.0 Å². The zero-order valence-electron chi connectivity index (χ0n) is 21.2. The number of fused-ring (bicyclic) bond motifs is 1. The van der Waals surface area contributed by atoms with E-state index >= 15 is 0 Å². The van der Waals surface area contributed by atoms with Crippen molar-refractivity contribution in [1.82, 2.24) is 4.98 Å². The van der Waals surface area contributed by atoms with Gasteiger partial charge in [0, 0.05) is 11.3 Å². The Morgan fingerprint density at radius 3 is 2.35 bits per heavy atom. The van der Waals surface area contributed by atoms with Crippen LogP contribution in [0, 0.1) is 10.1 Å². The Kier molecular flexibility index (Phi) is 6.29. The van der Waals surface area contributed by atoms with Crippen LogP contribution in [0.15, 0.2) is 112 Å². The van der Waals surface area contributed by atoms with Crippen molar-refractivity contribution in [2.45, 2.75) is 0 Å². The second kappa shape index (κ2) is 10.2. The minimum Gasteiger partial charge on any atom is -0.497 e. The van der Waals surface area contributed by atoms with E-state index in [1.165, 1.54) is 31.4 Å². The molecule has 6 rings (SSSR count). The number of ether oxygens (including phenoxy) is 1. The van der Waals surface area contributed by atoms with Gasteiger partial charge >= 0.3 is 0 Å². The highest BCUT2D eigenvalue weighted by Gasteiger charge is 2.21. The lowest BCUT2D eigenvalue weighted by atomic mass is 10.0. The summed E-state index contributed by atoms with van der Waals surface area (Å²) in [5.74, 6) is 0.487. The lowest BCUT2D eigenvalue weighted by Crippen LogP contribution is -2.10. The Labute approximate surface area is 227 Å². The van der Waals surface area contributed by atoms with Crippen molar-refractivity contribution < 1.29 is 23.3 Å². The third-order valence-corrected chi connectivity index (χ3v) is 6.38. The molecule has 0 aliphatic heterocycles. The average Bonchev–Trinajstić information content (AvgIpc) is 3.65. The number of nitrogens with one attached hydrogen (secondary N) is 1. The molecule has 0 fully saturated rings. The summed E-state index contributed by atoms with van der Waals surface area (Å²) in [6.45, 7) is 0. The number of anilines is 1. The summed E-state index contributed by atoms with van der Waals surface area (Å²) in [6, 6.07) is 30.5. The number of nitro benzene ring substituents is 1. The van der Waals surface area contributed by atoms with Gasteiger partial charge in [0.15, 0.2) is 11.3 Å². The predicted octanol–water partition coefficient (Wildman–Crippen LogP) is 7.59. The quantitative estimate of drug-likeness (QED) is 0.166. The maximum absolute atomic E-state index is 12.9. The Balaban J connectivity index is 1.20. The summed E-state index contributed by atoms with van der Waals surface area (Å²) < 4.78 is 16.7. The number of nitro groups is 1. The number of aromatic nitrogens is 1. The largest absolute Gasteiger partial charge is 0.497 e. The van der Waals surface area contributed by atoms with E-state index in [4.69, 9.17) is 13.6 Å². The maximum atomic E-state index is 12.9. The van der Waals surface area contributed by atoms with Gasteiger partial charge in [-0.25, -0.2) is 4.98 Å². The molecule has 0 bridgehead atoms. The van der Waals surface area contributed by atoms with E-state index in [0.717, 1.165) is 16.7 Å². The molecular weight excluding hydrogens is 510 g/mol. The molecule has 0 saturated carbocycles. The first-order valence-electron chi connectivity index (χ1n) is 12.3. The number of methoxy groups -OCH3 is 1.